The molecule has 0 unspecified atom stereocenters. The molecule has 28 heavy (non-hydrogen) atoms. The highest BCUT2D eigenvalue weighted by Crippen LogP contribution is 2.30. The fourth-order valence-electron chi connectivity index (χ4n) is 3.04. The van der Waals surface area contributed by atoms with E-state index < -0.39 is 0 Å². The molecule has 0 fully saturated rings. The molecule has 4 aromatic rings. The van der Waals surface area contributed by atoms with Crippen molar-refractivity contribution in [2.75, 3.05) is 5.32 Å². The maximum atomic E-state index is 12.8. The third-order valence-corrected chi connectivity index (χ3v) is 4.66. The zero-order chi connectivity index (χ0) is 19.5. The van der Waals surface area contributed by atoms with Gasteiger partial charge in [-0.15, -0.1) is 0 Å². The third kappa shape index (κ3) is 3.87. The summed E-state index contributed by atoms with van der Waals surface area (Å²) in [5.74, 6) is 0.998. The molecule has 5 heteroatoms. The Bertz CT molecular complexity index is 1120. The van der Waals surface area contributed by atoms with Gasteiger partial charge in [0.25, 0.3) is 5.91 Å². The van der Waals surface area contributed by atoms with Gasteiger partial charge in [-0.25, -0.2) is 0 Å². The lowest BCUT2D eigenvalue weighted by molar-refractivity contribution is 0.102. The van der Waals surface area contributed by atoms with Gasteiger partial charge in [0.1, 0.15) is 23.7 Å². The van der Waals surface area contributed by atoms with Gasteiger partial charge in [0, 0.05) is 16.1 Å². The minimum atomic E-state index is -0.237. The first kappa shape index (κ1) is 18.1. The van der Waals surface area contributed by atoms with E-state index in [4.69, 9.17) is 20.8 Å². The number of aryl methyl sites for hydroxylation is 1. The number of fused-ring (bicyclic) bond motifs is 1. The Balaban J connectivity index is 1.59. The van der Waals surface area contributed by atoms with Crippen LogP contribution < -0.4 is 10.1 Å². The van der Waals surface area contributed by atoms with Crippen molar-refractivity contribution >= 4 is 34.2 Å². The lowest BCUT2D eigenvalue weighted by atomic mass is 10.1. The van der Waals surface area contributed by atoms with Crippen molar-refractivity contribution in [2.45, 2.75) is 13.5 Å². The Morgan fingerprint density at radius 1 is 1.04 bits per heavy atom. The Morgan fingerprint density at radius 2 is 1.79 bits per heavy atom. The molecule has 0 saturated heterocycles. The first-order valence-corrected chi connectivity index (χ1v) is 9.25. The molecule has 0 aliphatic heterocycles. The number of furan rings is 1. The molecule has 4 rings (SSSR count). The molecule has 0 atom stereocenters. The van der Waals surface area contributed by atoms with Crippen LogP contribution in [0, 0.1) is 6.92 Å². The largest absolute Gasteiger partial charge is 0.489 e. The topological polar surface area (TPSA) is 51.5 Å². The molecule has 0 radical (unpaired) electrons. The van der Waals surface area contributed by atoms with Crippen LogP contribution in [0.3, 0.4) is 0 Å². The number of halogens is 1. The SMILES string of the molecule is Cc1oc2ccc(OCc3ccccc3)cc2c1C(=O)Nc1ccc(Cl)cc1. The number of carbonyl (C=O) groups is 1. The summed E-state index contributed by atoms with van der Waals surface area (Å²) >= 11 is 5.90. The molecule has 3 aromatic carbocycles. The number of rotatable bonds is 5. The summed E-state index contributed by atoms with van der Waals surface area (Å²) in [6.45, 7) is 2.23. The minimum absolute atomic E-state index is 0.237. The first-order valence-electron chi connectivity index (χ1n) is 8.87. The van der Waals surface area contributed by atoms with Crippen molar-refractivity contribution in [1.29, 1.82) is 0 Å². The van der Waals surface area contributed by atoms with E-state index in [-0.39, 0.29) is 5.91 Å². The molecule has 1 N–H and O–H groups in total. The van der Waals surface area contributed by atoms with Crippen LogP contribution in [0.2, 0.25) is 5.02 Å². The summed E-state index contributed by atoms with van der Waals surface area (Å²) < 4.78 is 11.6. The molecular weight excluding hydrogens is 374 g/mol. The van der Waals surface area contributed by atoms with Gasteiger partial charge >= 0.3 is 0 Å². The summed E-state index contributed by atoms with van der Waals surface area (Å²) in [6, 6.07) is 22.4. The van der Waals surface area contributed by atoms with Gasteiger partial charge in [-0.05, 0) is 55.0 Å². The highest BCUT2D eigenvalue weighted by Gasteiger charge is 2.19. The van der Waals surface area contributed by atoms with Gasteiger partial charge in [0.2, 0.25) is 0 Å². The molecule has 1 heterocycles. The maximum Gasteiger partial charge on any atom is 0.259 e. The van der Waals surface area contributed by atoms with E-state index in [0.717, 1.165) is 10.9 Å². The number of hydrogen-bond acceptors (Lipinski definition) is 3. The molecule has 140 valence electrons. The molecule has 1 amide bonds. The lowest BCUT2D eigenvalue weighted by Gasteiger charge is -2.07. The number of nitrogens with one attached hydrogen (secondary N) is 1. The molecule has 0 saturated carbocycles. The lowest BCUT2D eigenvalue weighted by Crippen LogP contribution is -2.12. The van der Waals surface area contributed by atoms with E-state index in [1.165, 1.54) is 0 Å². The van der Waals surface area contributed by atoms with Crippen molar-refractivity contribution in [2.24, 2.45) is 0 Å². The predicted octanol–water partition coefficient (Wildman–Crippen LogP) is 6.23. The summed E-state index contributed by atoms with van der Waals surface area (Å²) in [6.07, 6.45) is 0. The van der Waals surface area contributed by atoms with Gasteiger partial charge in [-0.3, -0.25) is 4.79 Å². The number of carbonyl (C=O) groups excluding carboxylic acids is 1. The highest BCUT2D eigenvalue weighted by atomic mass is 35.5. The minimum Gasteiger partial charge on any atom is -0.489 e. The van der Waals surface area contributed by atoms with Gasteiger partial charge < -0.3 is 14.5 Å². The molecule has 4 nitrogen and oxygen atoms in total. The Hall–Kier alpha value is -3.24. The molecule has 0 aliphatic carbocycles. The smallest absolute Gasteiger partial charge is 0.259 e. The van der Waals surface area contributed by atoms with Crippen molar-refractivity contribution in [1.82, 2.24) is 0 Å². The van der Waals surface area contributed by atoms with Crippen LogP contribution in [-0.4, -0.2) is 5.91 Å². The standard InChI is InChI=1S/C23H18ClNO3/c1-15-22(23(26)25-18-9-7-17(24)8-10-18)20-13-19(11-12-21(20)28-15)27-14-16-5-3-2-4-6-16/h2-13H,14H2,1H3,(H,25,26). The van der Waals surface area contributed by atoms with Crippen LogP contribution in [-0.2, 0) is 6.61 Å². The van der Waals surface area contributed by atoms with Crippen molar-refractivity contribution in [3.63, 3.8) is 0 Å². The van der Waals surface area contributed by atoms with E-state index in [1.54, 1.807) is 31.2 Å². The zero-order valence-electron chi connectivity index (χ0n) is 15.2. The summed E-state index contributed by atoms with van der Waals surface area (Å²) in [4.78, 5) is 12.8. The molecule has 1 aromatic heterocycles. The van der Waals surface area contributed by atoms with E-state index in [1.807, 2.05) is 48.5 Å². The number of benzene rings is 3. The van der Waals surface area contributed by atoms with E-state index in [0.29, 0.717) is 40.0 Å². The van der Waals surface area contributed by atoms with Crippen LogP contribution in [0.5, 0.6) is 5.75 Å². The normalized spacial score (nSPS) is 10.8. The fourth-order valence-corrected chi connectivity index (χ4v) is 3.16. The van der Waals surface area contributed by atoms with Gasteiger partial charge in [-0.1, -0.05) is 41.9 Å². The van der Waals surface area contributed by atoms with Crippen molar-refractivity contribution in [3.05, 3.63) is 94.7 Å². The second-order valence-electron chi connectivity index (χ2n) is 6.43. The van der Waals surface area contributed by atoms with Gasteiger partial charge in [0.05, 0.1) is 5.56 Å². The van der Waals surface area contributed by atoms with Gasteiger partial charge in [0.15, 0.2) is 0 Å². The van der Waals surface area contributed by atoms with Crippen LogP contribution in [0.1, 0.15) is 21.7 Å². The average molecular weight is 392 g/mol. The maximum absolute atomic E-state index is 12.8. The monoisotopic (exact) mass is 391 g/mol. The third-order valence-electron chi connectivity index (χ3n) is 4.41. The molecule has 0 bridgehead atoms. The van der Waals surface area contributed by atoms with Crippen molar-refractivity contribution < 1.29 is 13.9 Å². The predicted molar refractivity (Wildman–Crippen MR) is 111 cm³/mol. The Labute approximate surface area is 167 Å². The summed E-state index contributed by atoms with van der Waals surface area (Å²) in [7, 11) is 0. The average Bonchev–Trinajstić information content (AvgIpc) is 3.04. The number of anilines is 1. The summed E-state index contributed by atoms with van der Waals surface area (Å²) in [5, 5.41) is 4.21. The molecule has 0 aliphatic rings. The second kappa shape index (κ2) is 7.79. The second-order valence-corrected chi connectivity index (χ2v) is 6.86. The van der Waals surface area contributed by atoms with Gasteiger partial charge in [-0.2, -0.15) is 0 Å². The number of hydrogen-bond donors (Lipinski definition) is 1. The Morgan fingerprint density at radius 3 is 2.54 bits per heavy atom. The van der Waals surface area contributed by atoms with Crippen molar-refractivity contribution in [3.8, 4) is 5.75 Å². The summed E-state index contributed by atoms with van der Waals surface area (Å²) in [5.41, 5.74) is 2.88. The first-order chi connectivity index (χ1) is 13.6. The number of ether oxygens (including phenoxy) is 1. The highest BCUT2D eigenvalue weighted by molar-refractivity contribution is 6.30. The van der Waals surface area contributed by atoms with E-state index in [2.05, 4.69) is 5.32 Å². The number of amides is 1. The van der Waals surface area contributed by atoms with E-state index in [9.17, 15) is 4.79 Å². The van der Waals surface area contributed by atoms with Crippen LogP contribution >= 0.6 is 11.6 Å². The van der Waals surface area contributed by atoms with E-state index >= 15 is 0 Å². The van der Waals surface area contributed by atoms with Crippen LogP contribution in [0.4, 0.5) is 5.69 Å². The van der Waals surface area contributed by atoms with Crippen LogP contribution in [0.25, 0.3) is 11.0 Å². The molecule has 0 spiro atoms. The zero-order valence-corrected chi connectivity index (χ0v) is 16.0. The quantitative estimate of drug-likeness (QED) is 0.439. The molecular formula is C23H18ClNO3. The van der Waals surface area contributed by atoms with Crippen LogP contribution in [0.15, 0.2) is 77.2 Å². The Kier molecular flexibility index (Phi) is 5.04. The fraction of sp³-hybridized carbons (Fsp3) is 0.0870.